The van der Waals surface area contributed by atoms with Crippen molar-refractivity contribution in [2.24, 2.45) is 11.8 Å². The maximum Gasteiger partial charge on any atom is 0.310 e. The average molecular weight is 170 g/mol. The van der Waals surface area contributed by atoms with Gasteiger partial charge in [-0.05, 0) is 26.7 Å². The van der Waals surface area contributed by atoms with E-state index < -0.39 is 5.97 Å². The van der Waals surface area contributed by atoms with Crippen LogP contribution in [-0.4, -0.2) is 11.1 Å². The van der Waals surface area contributed by atoms with Gasteiger partial charge in [-0.25, -0.2) is 0 Å². The lowest BCUT2D eigenvalue weighted by Gasteiger charge is -2.18. The lowest BCUT2D eigenvalue weighted by molar-refractivity contribution is -0.141. The van der Waals surface area contributed by atoms with Crippen molar-refractivity contribution in [2.75, 3.05) is 0 Å². The van der Waals surface area contributed by atoms with E-state index in [0.717, 1.165) is 11.1 Å². The van der Waals surface area contributed by atoms with Gasteiger partial charge in [0.05, 0.1) is 5.92 Å². The molecular weight excluding hydrogens is 152 g/mol. The highest BCUT2D eigenvalue weighted by Crippen LogP contribution is 2.22. The minimum atomic E-state index is -0.719. The number of carboxylic acid groups (broad SMARTS) is 1. The Morgan fingerprint density at radius 2 is 1.58 bits per heavy atom. The van der Waals surface area contributed by atoms with E-state index >= 15 is 0 Å². The highest BCUT2D eigenvalue weighted by molar-refractivity contribution is 5.73. The lowest BCUT2D eigenvalue weighted by Crippen LogP contribution is -2.21. The molecule has 70 valence electrons. The van der Waals surface area contributed by atoms with Crippen LogP contribution in [0.4, 0.5) is 0 Å². The molecule has 0 radical (unpaired) electrons. The SMILES string of the molecule is CC(C)=C(C)C(C(=O)O)C(C)C. The van der Waals surface area contributed by atoms with Crippen molar-refractivity contribution in [3.8, 4) is 0 Å². The molecule has 0 saturated carbocycles. The summed E-state index contributed by atoms with van der Waals surface area (Å²) in [6, 6.07) is 0. The Balaban J connectivity index is 4.77. The molecule has 0 aromatic heterocycles. The van der Waals surface area contributed by atoms with Gasteiger partial charge >= 0.3 is 5.97 Å². The Morgan fingerprint density at radius 3 is 1.67 bits per heavy atom. The number of carboxylic acids is 1. The minimum Gasteiger partial charge on any atom is -0.481 e. The topological polar surface area (TPSA) is 37.3 Å². The summed E-state index contributed by atoms with van der Waals surface area (Å²) >= 11 is 0. The predicted octanol–water partition coefficient (Wildman–Crippen LogP) is 2.70. The fraction of sp³-hybridized carbons (Fsp3) is 0.700. The summed E-state index contributed by atoms with van der Waals surface area (Å²) in [6.07, 6.45) is 0. The van der Waals surface area contributed by atoms with Crippen LogP contribution in [0.15, 0.2) is 11.1 Å². The first kappa shape index (κ1) is 11.2. The Kier molecular flexibility index (Phi) is 4.01. The fourth-order valence-corrected chi connectivity index (χ4v) is 1.28. The zero-order valence-corrected chi connectivity index (χ0v) is 8.51. The van der Waals surface area contributed by atoms with Gasteiger partial charge in [0.25, 0.3) is 0 Å². The van der Waals surface area contributed by atoms with Crippen LogP contribution >= 0.6 is 0 Å². The number of hydrogen-bond acceptors (Lipinski definition) is 1. The molecule has 0 bridgehead atoms. The number of carbonyl (C=O) groups is 1. The summed E-state index contributed by atoms with van der Waals surface area (Å²) < 4.78 is 0. The third kappa shape index (κ3) is 2.68. The standard InChI is InChI=1S/C10H18O2/c1-6(2)8(5)9(7(3)4)10(11)12/h7,9H,1-5H3,(H,11,12). The Labute approximate surface area is 74.3 Å². The molecule has 0 aromatic carbocycles. The molecule has 0 aromatic rings. The molecule has 0 spiro atoms. The molecule has 0 saturated heterocycles. The van der Waals surface area contributed by atoms with Crippen molar-refractivity contribution in [1.82, 2.24) is 0 Å². The van der Waals surface area contributed by atoms with E-state index in [1.54, 1.807) is 0 Å². The molecule has 0 amide bonds. The maximum atomic E-state index is 10.9. The smallest absolute Gasteiger partial charge is 0.310 e. The molecule has 1 unspecified atom stereocenters. The molecule has 1 atom stereocenters. The predicted molar refractivity (Wildman–Crippen MR) is 50.0 cm³/mol. The molecule has 2 nitrogen and oxygen atoms in total. The molecule has 0 aliphatic rings. The summed E-state index contributed by atoms with van der Waals surface area (Å²) in [5.74, 6) is -0.879. The molecule has 0 aliphatic heterocycles. The summed E-state index contributed by atoms with van der Waals surface area (Å²) in [7, 11) is 0. The van der Waals surface area contributed by atoms with Crippen LogP contribution in [0.1, 0.15) is 34.6 Å². The minimum absolute atomic E-state index is 0.164. The number of allylic oxidation sites excluding steroid dienone is 1. The van der Waals surface area contributed by atoms with E-state index in [0.29, 0.717) is 0 Å². The van der Waals surface area contributed by atoms with Crippen molar-refractivity contribution in [3.05, 3.63) is 11.1 Å². The quantitative estimate of drug-likeness (QED) is 0.661. The van der Waals surface area contributed by atoms with Crippen molar-refractivity contribution >= 4 is 5.97 Å². The van der Waals surface area contributed by atoms with E-state index in [2.05, 4.69) is 0 Å². The van der Waals surface area contributed by atoms with Crippen molar-refractivity contribution in [2.45, 2.75) is 34.6 Å². The van der Waals surface area contributed by atoms with Gasteiger partial charge in [0.15, 0.2) is 0 Å². The van der Waals surface area contributed by atoms with E-state index in [9.17, 15) is 4.79 Å². The van der Waals surface area contributed by atoms with Crippen LogP contribution in [-0.2, 0) is 4.79 Å². The summed E-state index contributed by atoms with van der Waals surface area (Å²) in [6.45, 7) is 9.67. The monoisotopic (exact) mass is 170 g/mol. The normalized spacial score (nSPS) is 12.8. The first-order valence-electron chi connectivity index (χ1n) is 4.24. The van der Waals surface area contributed by atoms with Crippen LogP contribution in [0.5, 0.6) is 0 Å². The van der Waals surface area contributed by atoms with Gasteiger partial charge in [0.1, 0.15) is 0 Å². The largest absolute Gasteiger partial charge is 0.481 e. The molecular formula is C10H18O2. The van der Waals surface area contributed by atoms with Gasteiger partial charge < -0.3 is 5.11 Å². The van der Waals surface area contributed by atoms with Crippen molar-refractivity contribution in [3.63, 3.8) is 0 Å². The van der Waals surface area contributed by atoms with Gasteiger partial charge in [-0.2, -0.15) is 0 Å². The third-order valence-corrected chi connectivity index (χ3v) is 2.19. The highest BCUT2D eigenvalue weighted by atomic mass is 16.4. The second-order valence-electron chi connectivity index (χ2n) is 3.74. The Morgan fingerprint density at radius 1 is 1.17 bits per heavy atom. The van der Waals surface area contributed by atoms with Crippen LogP contribution in [0.2, 0.25) is 0 Å². The average Bonchev–Trinajstić information content (AvgIpc) is 1.85. The summed E-state index contributed by atoms with van der Waals surface area (Å²) in [5, 5.41) is 8.93. The lowest BCUT2D eigenvalue weighted by atomic mass is 9.87. The molecule has 2 heteroatoms. The number of hydrogen-bond donors (Lipinski definition) is 1. The molecule has 1 N–H and O–H groups in total. The van der Waals surface area contributed by atoms with Gasteiger partial charge in [0, 0.05) is 0 Å². The molecule has 0 fully saturated rings. The van der Waals surface area contributed by atoms with Gasteiger partial charge in [-0.3, -0.25) is 4.79 Å². The van der Waals surface area contributed by atoms with Crippen LogP contribution < -0.4 is 0 Å². The van der Waals surface area contributed by atoms with Crippen molar-refractivity contribution in [1.29, 1.82) is 0 Å². The molecule has 12 heavy (non-hydrogen) atoms. The van der Waals surface area contributed by atoms with Crippen LogP contribution in [0.3, 0.4) is 0 Å². The number of aliphatic carboxylic acids is 1. The highest BCUT2D eigenvalue weighted by Gasteiger charge is 2.23. The first-order valence-corrected chi connectivity index (χ1v) is 4.24. The molecule has 0 heterocycles. The summed E-state index contributed by atoms with van der Waals surface area (Å²) in [4.78, 5) is 10.9. The Bertz CT molecular complexity index is 198. The third-order valence-electron chi connectivity index (χ3n) is 2.19. The second-order valence-corrected chi connectivity index (χ2v) is 3.74. The number of rotatable bonds is 3. The van der Waals surface area contributed by atoms with E-state index in [-0.39, 0.29) is 11.8 Å². The molecule has 0 aliphatic carbocycles. The van der Waals surface area contributed by atoms with Crippen molar-refractivity contribution < 1.29 is 9.90 Å². The van der Waals surface area contributed by atoms with Crippen LogP contribution in [0, 0.1) is 11.8 Å². The second kappa shape index (κ2) is 4.29. The van der Waals surface area contributed by atoms with Gasteiger partial charge in [-0.1, -0.05) is 25.0 Å². The van der Waals surface area contributed by atoms with Gasteiger partial charge in [-0.15, -0.1) is 0 Å². The maximum absolute atomic E-state index is 10.9. The zero-order chi connectivity index (χ0) is 9.89. The van der Waals surface area contributed by atoms with Gasteiger partial charge in [0.2, 0.25) is 0 Å². The Hall–Kier alpha value is -0.790. The van der Waals surface area contributed by atoms with E-state index in [1.165, 1.54) is 0 Å². The first-order chi connectivity index (χ1) is 5.37. The van der Waals surface area contributed by atoms with E-state index in [4.69, 9.17) is 5.11 Å². The van der Waals surface area contributed by atoms with Crippen LogP contribution in [0.25, 0.3) is 0 Å². The molecule has 0 rings (SSSR count). The fourth-order valence-electron chi connectivity index (χ4n) is 1.28. The van der Waals surface area contributed by atoms with E-state index in [1.807, 2.05) is 34.6 Å². The zero-order valence-electron chi connectivity index (χ0n) is 8.51. The summed E-state index contributed by atoms with van der Waals surface area (Å²) in [5.41, 5.74) is 2.09.